The standard InChI is InChI=1S/C16H27NO2/c1-11(2)9-14(18)7-5-12-10-13(16(3,4)19)6-8-15(12)17/h6,8,10-11,14,18-19H,5,7,9,17H2,1-4H3. The van der Waals surface area contributed by atoms with Gasteiger partial charge in [-0.3, -0.25) is 0 Å². The molecule has 4 N–H and O–H groups in total. The van der Waals surface area contributed by atoms with Crippen LogP contribution < -0.4 is 5.73 Å². The highest BCUT2D eigenvalue weighted by molar-refractivity contribution is 5.49. The molecule has 0 aliphatic carbocycles. The lowest BCUT2D eigenvalue weighted by Crippen LogP contribution is -2.16. The van der Waals surface area contributed by atoms with E-state index >= 15 is 0 Å². The highest BCUT2D eigenvalue weighted by Crippen LogP contribution is 2.25. The Morgan fingerprint density at radius 1 is 1.26 bits per heavy atom. The van der Waals surface area contributed by atoms with E-state index < -0.39 is 5.60 Å². The van der Waals surface area contributed by atoms with Crippen molar-refractivity contribution in [3.63, 3.8) is 0 Å². The van der Waals surface area contributed by atoms with E-state index in [2.05, 4.69) is 13.8 Å². The number of anilines is 1. The average molecular weight is 265 g/mol. The summed E-state index contributed by atoms with van der Waals surface area (Å²) < 4.78 is 0. The summed E-state index contributed by atoms with van der Waals surface area (Å²) >= 11 is 0. The van der Waals surface area contributed by atoms with Crippen LogP contribution in [0.4, 0.5) is 5.69 Å². The van der Waals surface area contributed by atoms with Crippen LogP contribution in [0.1, 0.15) is 51.7 Å². The third kappa shape index (κ3) is 5.21. The topological polar surface area (TPSA) is 66.5 Å². The maximum absolute atomic E-state index is 10.0. The summed E-state index contributed by atoms with van der Waals surface area (Å²) in [5, 5.41) is 19.9. The van der Waals surface area contributed by atoms with Crippen molar-refractivity contribution in [2.75, 3.05) is 5.73 Å². The van der Waals surface area contributed by atoms with E-state index in [1.807, 2.05) is 18.2 Å². The van der Waals surface area contributed by atoms with Gasteiger partial charge in [0.05, 0.1) is 11.7 Å². The number of nitrogens with two attached hydrogens (primary N) is 1. The molecule has 0 radical (unpaired) electrons. The molecule has 1 unspecified atom stereocenters. The molecular weight excluding hydrogens is 238 g/mol. The van der Waals surface area contributed by atoms with Crippen LogP contribution in [0.15, 0.2) is 18.2 Å². The quantitative estimate of drug-likeness (QED) is 0.693. The normalized spacial score (nSPS) is 13.8. The van der Waals surface area contributed by atoms with Crippen LogP contribution >= 0.6 is 0 Å². The fraction of sp³-hybridized carbons (Fsp3) is 0.625. The Bertz CT molecular complexity index is 408. The third-order valence-corrected chi connectivity index (χ3v) is 3.34. The molecule has 3 nitrogen and oxygen atoms in total. The number of benzene rings is 1. The van der Waals surface area contributed by atoms with Crippen LogP contribution in [-0.2, 0) is 12.0 Å². The predicted octanol–water partition coefficient (Wildman–Crippen LogP) is 2.84. The first-order valence-corrected chi connectivity index (χ1v) is 6.99. The molecule has 0 saturated heterocycles. The van der Waals surface area contributed by atoms with E-state index in [0.29, 0.717) is 12.3 Å². The molecule has 1 atom stereocenters. The molecule has 0 heterocycles. The van der Waals surface area contributed by atoms with Gasteiger partial charge in [-0.05, 0) is 56.2 Å². The summed E-state index contributed by atoms with van der Waals surface area (Å²) in [5.41, 5.74) is 7.68. The van der Waals surface area contributed by atoms with Gasteiger partial charge in [-0.2, -0.15) is 0 Å². The van der Waals surface area contributed by atoms with Gasteiger partial charge in [-0.15, -0.1) is 0 Å². The smallest absolute Gasteiger partial charge is 0.0840 e. The van der Waals surface area contributed by atoms with Gasteiger partial charge in [0.15, 0.2) is 0 Å². The van der Waals surface area contributed by atoms with Crippen LogP contribution in [0.25, 0.3) is 0 Å². The van der Waals surface area contributed by atoms with Crippen molar-refractivity contribution in [3.8, 4) is 0 Å². The fourth-order valence-corrected chi connectivity index (χ4v) is 2.19. The lowest BCUT2D eigenvalue weighted by atomic mass is 9.93. The van der Waals surface area contributed by atoms with E-state index in [1.54, 1.807) is 13.8 Å². The van der Waals surface area contributed by atoms with Gasteiger partial charge in [-0.25, -0.2) is 0 Å². The van der Waals surface area contributed by atoms with Crippen LogP contribution in [0.2, 0.25) is 0 Å². The summed E-state index contributed by atoms with van der Waals surface area (Å²) in [6, 6.07) is 5.62. The minimum Gasteiger partial charge on any atom is -0.399 e. The van der Waals surface area contributed by atoms with Crippen LogP contribution in [0, 0.1) is 5.92 Å². The Labute approximate surface area is 116 Å². The second kappa shape index (κ2) is 6.40. The van der Waals surface area contributed by atoms with Crippen molar-refractivity contribution in [2.45, 2.75) is 58.7 Å². The van der Waals surface area contributed by atoms with Gasteiger partial charge < -0.3 is 15.9 Å². The molecule has 0 saturated carbocycles. The second-order valence-corrected chi connectivity index (χ2v) is 6.29. The molecule has 1 aromatic rings. The maximum atomic E-state index is 10.0. The average Bonchev–Trinajstić information content (AvgIpc) is 2.25. The Kier molecular flexibility index (Phi) is 5.39. The number of aliphatic hydroxyl groups excluding tert-OH is 1. The second-order valence-electron chi connectivity index (χ2n) is 6.29. The van der Waals surface area contributed by atoms with Crippen molar-refractivity contribution < 1.29 is 10.2 Å². The first-order valence-electron chi connectivity index (χ1n) is 6.99. The van der Waals surface area contributed by atoms with Crippen LogP contribution in [-0.4, -0.2) is 16.3 Å². The first-order chi connectivity index (χ1) is 8.70. The van der Waals surface area contributed by atoms with E-state index in [1.165, 1.54) is 0 Å². The molecule has 0 aliphatic rings. The van der Waals surface area contributed by atoms with Gasteiger partial charge in [0.2, 0.25) is 0 Å². The summed E-state index contributed by atoms with van der Waals surface area (Å²) in [5.74, 6) is 0.495. The van der Waals surface area contributed by atoms with Gasteiger partial charge in [0.1, 0.15) is 0 Å². The van der Waals surface area contributed by atoms with Crippen molar-refractivity contribution in [2.24, 2.45) is 5.92 Å². The minimum atomic E-state index is -0.862. The monoisotopic (exact) mass is 265 g/mol. The van der Waals surface area contributed by atoms with Crippen molar-refractivity contribution in [3.05, 3.63) is 29.3 Å². The lowest BCUT2D eigenvalue weighted by Gasteiger charge is -2.20. The predicted molar refractivity (Wildman–Crippen MR) is 79.9 cm³/mol. The lowest BCUT2D eigenvalue weighted by molar-refractivity contribution is 0.0785. The summed E-state index contributed by atoms with van der Waals surface area (Å²) in [7, 11) is 0. The molecule has 19 heavy (non-hydrogen) atoms. The Balaban J connectivity index is 2.72. The molecule has 0 aromatic heterocycles. The molecule has 1 aromatic carbocycles. The number of rotatable bonds is 6. The molecule has 3 heteroatoms. The van der Waals surface area contributed by atoms with Crippen molar-refractivity contribution in [1.82, 2.24) is 0 Å². The van der Waals surface area contributed by atoms with Gasteiger partial charge >= 0.3 is 0 Å². The highest BCUT2D eigenvalue weighted by atomic mass is 16.3. The van der Waals surface area contributed by atoms with Crippen LogP contribution in [0.3, 0.4) is 0 Å². The summed E-state index contributed by atoms with van der Waals surface area (Å²) in [4.78, 5) is 0. The van der Waals surface area contributed by atoms with E-state index in [-0.39, 0.29) is 6.10 Å². The first kappa shape index (κ1) is 16.0. The molecular formula is C16H27NO2. The fourth-order valence-electron chi connectivity index (χ4n) is 2.19. The zero-order chi connectivity index (χ0) is 14.6. The number of aliphatic hydroxyl groups is 2. The molecule has 0 bridgehead atoms. The molecule has 0 aliphatic heterocycles. The van der Waals surface area contributed by atoms with Gasteiger partial charge in [-0.1, -0.05) is 26.0 Å². The molecule has 0 spiro atoms. The van der Waals surface area contributed by atoms with Crippen molar-refractivity contribution >= 4 is 5.69 Å². The summed E-state index contributed by atoms with van der Waals surface area (Å²) in [6.07, 6.45) is 1.97. The molecule has 108 valence electrons. The van der Waals surface area contributed by atoms with Crippen molar-refractivity contribution in [1.29, 1.82) is 0 Å². The molecule has 0 amide bonds. The number of aryl methyl sites for hydroxylation is 1. The largest absolute Gasteiger partial charge is 0.399 e. The van der Waals surface area contributed by atoms with Gasteiger partial charge in [0.25, 0.3) is 0 Å². The molecule has 0 fully saturated rings. The van der Waals surface area contributed by atoms with E-state index in [0.717, 1.165) is 29.7 Å². The zero-order valence-electron chi connectivity index (χ0n) is 12.5. The number of hydrogen-bond donors (Lipinski definition) is 3. The van der Waals surface area contributed by atoms with E-state index in [9.17, 15) is 10.2 Å². The summed E-state index contributed by atoms with van der Waals surface area (Å²) in [6.45, 7) is 7.73. The number of hydrogen-bond acceptors (Lipinski definition) is 3. The van der Waals surface area contributed by atoms with Crippen LogP contribution in [0.5, 0.6) is 0 Å². The Hall–Kier alpha value is -1.06. The van der Waals surface area contributed by atoms with Gasteiger partial charge in [0, 0.05) is 5.69 Å². The molecule has 1 rings (SSSR count). The number of nitrogen functional groups attached to an aromatic ring is 1. The Morgan fingerprint density at radius 2 is 1.89 bits per heavy atom. The minimum absolute atomic E-state index is 0.287. The Morgan fingerprint density at radius 3 is 2.42 bits per heavy atom. The maximum Gasteiger partial charge on any atom is 0.0840 e. The zero-order valence-corrected chi connectivity index (χ0v) is 12.5. The van der Waals surface area contributed by atoms with E-state index in [4.69, 9.17) is 5.73 Å². The highest BCUT2D eigenvalue weighted by Gasteiger charge is 2.17. The third-order valence-electron chi connectivity index (χ3n) is 3.34. The SMILES string of the molecule is CC(C)CC(O)CCc1cc(C(C)(C)O)ccc1N.